The van der Waals surface area contributed by atoms with Gasteiger partial charge in [-0.15, -0.1) is 9.78 Å². The summed E-state index contributed by atoms with van der Waals surface area (Å²) in [6.07, 6.45) is 3.63. The number of aromatic amines is 1. The van der Waals surface area contributed by atoms with Crippen molar-refractivity contribution in [3.63, 3.8) is 0 Å². The van der Waals surface area contributed by atoms with E-state index >= 15 is 4.39 Å². The van der Waals surface area contributed by atoms with Crippen LogP contribution in [0, 0.1) is 11.2 Å². The number of aromatic nitrogens is 5. The summed E-state index contributed by atoms with van der Waals surface area (Å²) in [5.74, 6) is -0.275. The van der Waals surface area contributed by atoms with E-state index in [2.05, 4.69) is 25.4 Å². The van der Waals surface area contributed by atoms with Crippen LogP contribution in [0.25, 0.3) is 5.95 Å². The van der Waals surface area contributed by atoms with Gasteiger partial charge in [0, 0.05) is 35.8 Å². The van der Waals surface area contributed by atoms with Crippen molar-refractivity contribution in [1.82, 2.24) is 29.6 Å². The first-order valence-electron chi connectivity index (χ1n) is 12.0. The SMILES string of the molecule is CCc1cc(OCCN(C)C)c(F)c(C(Nc2ccc(C(=N)N)cc2)c2nn(-c3ncccn3)c(=O)[nH]2)c1. The molecule has 2 aromatic carbocycles. The molecule has 1 atom stereocenters. The highest BCUT2D eigenvalue weighted by Gasteiger charge is 2.26. The molecular weight excluding hydrogens is 489 g/mol. The van der Waals surface area contributed by atoms with E-state index in [0.29, 0.717) is 30.8 Å². The van der Waals surface area contributed by atoms with Gasteiger partial charge in [0.05, 0.1) is 0 Å². The lowest BCUT2D eigenvalue weighted by Crippen LogP contribution is -2.21. The molecule has 4 aromatic rings. The van der Waals surface area contributed by atoms with Crippen molar-refractivity contribution in [1.29, 1.82) is 5.41 Å². The third-order valence-electron chi connectivity index (χ3n) is 5.80. The first-order valence-corrected chi connectivity index (χ1v) is 12.0. The maximum atomic E-state index is 16.0. The number of aryl methyl sites for hydroxylation is 1. The number of nitrogens with zero attached hydrogens (tertiary/aromatic N) is 5. The summed E-state index contributed by atoms with van der Waals surface area (Å²) in [4.78, 5) is 25.7. The number of benzene rings is 2. The van der Waals surface area contributed by atoms with E-state index in [1.807, 2.05) is 25.9 Å². The summed E-state index contributed by atoms with van der Waals surface area (Å²) < 4.78 is 22.8. The van der Waals surface area contributed by atoms with Crippen molar-refractivity contribution in [2.75, 3.05) is 32.6 Å². The summed E-state index contributed by atoms with van der Waals surface area (Å²) in [5, 5.41) is 15.3. The van der Waals surface area contributed by atoms with Gasteiger partial charge in [0.25, 0.3) is 5.95 Å². The summed E-state index contributed by atoms with van der Waals surface area (Å²) in [5.41, 5.74) is 7.25. The molecule has 1 unspecified atom stereocenters. The highest BCUT2D eigenvalue weighted by atomic mass is 19.1. The minimum absolute atomic E-state index is 0.0692. The van der Waals surface area contributed by atoms with Gasteiger partial charge in [0.2, 0.25) is 0 Å². The Morgan fingerprint density at radius 3 is 2.58 bits per heavy atom. The fourth-order valence-corrected chi connectivity index (χ4v) is 3.75. The van der Waals surface area contributed by atoms with Crippen LogP contribution in [0.5, 0.6) is 5.75 Å². The molecule has 0 aliphatic heterocycles. The van der Waals surface area contributed by atoms with Gasteiger partial charge in [-0.1, -0.05) is 13.0 Å². The predicted octanol–water partition coefficient (Wildman–Crippen LogP) is 2.48. The molecule has 0 radical (unpaired) electrons. The zero-order chi connectivity index (χ0) is 27.2. The zero-order valence-electron chi connectivity index (χ0n) is 21.4. The molecule has 0 aliphatic rings. The topological polar surface area (TPSA) is 151 Å². The molecule has 5 N–H and O–H groups in total. The van der Waals surface area contributed by atoms with Crippen LogP contribution < -0.4 is 21.5 Å². The van der Waals surface area contributed by atoms with Gasteiger partial charge in [0.1, 0.15) is 18.5 Å². The van der Waals surface area contributed by atoms with E-state index in [1.54, 1.807) is 42.5 Å². The summed E-state index contributed by atoms with van der Waals surface area (Å²) in [6.45, 7) is 2.88. The molecule has 12 heteroatoms. The zero-order valence-corrected chi connectivity index (χ0v) is 21.4. The first kappa shape index (κ1) is 26.5. The molecule has 38 heavy (non-hydrogen) atoms. The number of amidine groups is 1. The number of nitrogen functional groups attached to an aromatic ring is 1. The van der Waals surface area contributed by atoms with Crippen molar-refractivity contribution in [2.45, 2.75) is 19.4 Å². The molecule has 4 rings (SSSR count). The van der Waals surface area contributed by atoms with Crippen molar-refractivity contribution in [3.05, 3.63) is 93.7 Å². The Morgan fingerprint density at radius 2 is 1.95 bits per heavy atom. The minimum atomic E-state index is -0.904. The predicted molar refractivity (Wildman–Crippen MR) is 143 cm³/mol. The lowest BCUT2D eigenvalue weighted by Gasteiger charge is -2.21. The standard InChI is InChI=1S/C26H30FN9O2/c1-4-16-14-19(21(27)20(15-16)38-13-12-35(2)3)22(32-18-8-6-17(7-9-18)23(28)29)24-33-26(37)36(34-24)25-30-10-5-11-31-25/h5-11,14-15,22,32H,4,12-13H2,1-3H3,(H3,28,29)(H,33,34,37). The van der Waals surface area contributed by atoms with Gasteiger partial charge < -0.3 is 20.7 Å². The highest BCUT2D eigenvalue weighted by molar-refractivity contribution is 5.95. The Balaban J connectivity index is 1.80. The van der Waals surface area contributed by atoms with Crippen LogP contribution in [-0.2, 0) is 6.42 Å². The van der Waals surface area contributed by atoms with Crippen LogP contribution in [0.2, 0.25) is 0 Å². The monoisotopic (exact) mass is 519 g/mol. The number of ether oxygens (including phenoxy) is 1. The maximum absolute atomic E-state index is 16.0. The van der Waals surface area contributed by atoms with Crippen molar-refractivity contribution in [3.8, 4) is 11.7 Å². The number of likely N-dealkylation sites (N-methyl/N-ethyl adjacent to an activating group) is 1. The summed E-state index contributed by atoms with van der Waals surface area (Å²) in [6, 6.07) is 10.9. The third-order valence-corrected chi connectivity index (χ3v) is 5.80. The Bertz CT molecular complexity index is 1450. The van der Waals surface area contributed by atoms with Gasteiger partial charge in [-0.25, -0.2) is 19.2 Å². The molecule has 11 nitrogen and oxygen atoms in total. The summed E-state index contributed by atoms with van der Waals surface area (Å²) in [7, 11) is 3.82. The molecule has 0 aliphatic carbocycles. The van der Waals surface area contributed by atoms with Crippen molar-refractivity contribution >= 4 is 11.5 Å². The Morgan fingerprint density at radius 1 is 1.24 bits per heavy atom. The van der Waals surface area contributed by atoms with Crippen molar-refractivity contribution in [2.24, 2.45) is 5.73 Å². The van der Waals surface area contributed by atoms with Crippen LogP contribution in [0.1, 0.15) is 35.5 Å². The molecule has 0 spiro atoms. The highest BCUT2D eigenvalue weighted by Crippen LogP contribution is 2.32. The van der Waals surface area contributed by atoms with E-state index in [1.165, 1.54) is 12.4 Å². The number of rotatable bonds is 11. The molecule has 0 saturated carbocycles. The Kier molecular flexibility index (Phi) is 8.12. The van der Waals surface area contributed by atoms with E-state index in [0.717, 1.165) is 10.2 Å². The van der Waals surface area contributed by atoms with Gasteiger partial charge in [-0.2, -0.15) is 0 Å². The number of nitrogens with one attached hydrogen (secondary N) is 3. The molecule has 2 aromatic heterocycles. The molecule has 0 saturated heterocycles. The molecule has 0 bridgehead atoms. The number of nitrogens with two attached hydrogens (primary N) is 1. The maximum Gasteiger partial charge on any atom is 0.350 e. The second kappa shape index (κ2) is 11.6. The fourth-order valence-electron chi connectivity index (χ4n) is 3.75. The van der Waals surface area contributed by atoms with E-state index < -0.39 is 17.5 Å². The van der Waals surface area contributed by atoms with Gasteiger partial charge in [-0.3, -0.25) is 10.4 Å². The normalized spacial score (nSPS) is 11.9. The van der Waals surface area contributed by atoms with Gasteiger partial charge in [-0.05, 0) is 62.5 Å². The van der Waals surface area contributed by atoms with Crippen LogP contribution in [0.3, 0.4) is 0 Å². The third kappa shape index (κ3) is 6.03. The average Bonchev–Trinajstić information content (AvgIpc) is 3.30. The van der Waals surface area contributed by atoms with Gasteiger partial charge >= 0.3 is 5.69 Å². The molecule has 2 heterocycles. The number of anilines is 1. The number of halogens is 1. The quantitative estimate of drug-likeness (QED) is 0.174. The van der Waals surface area contributed by atoms with Crippen LogP contribution in [0.4, 0.5) is 10.1 Å². The van der Waals surface area contributed by atoms with Crippen LogP contribution in [0.15, 0.2) is 59.7 Å². The van der Waals surface area contributed by atoms with Crippen LogP contribution in [-0.4, -0.2) is 62.7 Å². The molecule has 0 amide bonds. The molecular formula is C26H30FN9O2. The molecule has 0 fully saturated rings. The largest absolute Gasteiger partial charge is 0.489 e. The lowest BCUT2D eigenvalue weighted by atomic mass is 10.00. The smallest absolute Gasteiger partial charge is 0.350 e. The van der Waals surface area contributed by atoms with E-state index in [4.69, 9.17) is 15.9 Å². The number of H-pyrrole nitrogens is 1. The van der Waals surface area contributed by atoms with E-state index in [-0.39, 0.29) is 28.9 Å². The Hall–Kier alpha value is -4.58. The number of hydrogen-bond donors (Lipinski definition) is 4. The second-order valence-electron chi connectivity index (χ2n) is 8.85. The van der Waals surface area contributed by atoms with Crippen LogP contribution >= 0.6 is 0 Å². The first-order chi connectivity index (χ1) is 18.3. The van der Waals surface area contributed by atoms with Crippen molar-refractivity contribution < 1.29 is 9.13 Å². The summed E-state index contributed by atoms with van der Waals surface area (Å²) >= 11 is 0. The molecule has 198 valence electrons. The van der Waals surface area contributed by atoms with E-state index in [9.17, 15) is 4.79 Å². The second-order valence-corrected chi connectivity index (χ2v) is 8.85. The fraction of sp³-hybridized carbons (Fsp3) is 0.269. The Labute approximate surface area is 219 Å². The average molecular weight is 520 g/mol. The lowest BCUT2D eigenvalue weighted by molar-refractivity contribution is 0.251. The van der Waals surface area contributed by atoms with Gasteiger partial charge in [0.15, 0.2) is 17.4 Å². The number of hydrogen-bond acceptors (Lipinski definition) is 8. The minimum Gasteiger partial charge on any atom is -0.489 e.